The molecule has 2 aromatic heterocycles. The quantitative estimate of drug-likeness (QED) is 0.550. The van der Waals surface area contributed by atoms with Crippen molar-refractivity contribution in [2.45, 2.75) is 46.1 Å². The first kappa shape index (κ1) is 25.9. The first-order chi connectivity index (χ1) is 13.5. The zero-order valence-corrected chi connectivity index (χ0v) is 19.1. The number of piperidine rings is 1. The van der Waals surface area contributed by atoms with E-state index < -0.39 is 0 Å². The molecule has 2 aromatic rings. The summed E-state index contributed by atoms with van der Waals surface area (Å²) in [5.74, 6) is 0.541. The molecule has 0 atom stereocenters. The predicted molar refractivity (Wildman–Crippen MR) is 125 cm³/mol. The van der Waals surface area contributed by atoms with Crippen LogP contribution in [0.5, 0.6) is 0 Å². The molecular weight excluding hydrogens is 425 g/mol. The molecular formula is C21H31Cl2N5O2. The van der Waals surface area contributed by atoms with Crippen molar-refractivity contribution in [2.24, 2.45) is 0 Å². The van der Waals surface area contributed by atoms with Gasteiger partial charge in [-0.3, -0.25) is 19.7 Å². The van der Waals surface area contributed by atoms with Crippen molar-refractivity contribution in [3.63, 3.8) is 0 Å². The number of aromatic nitrogens is 3. The highest BCUT2D eigenvalue weighted by Gasteiger charge is 2.10. The Morgan fingerprint density at radius 3 is 2.70 bits per heavy atom. The number of nitrogens with one attached hydrogen (secondary N) is 2. The van der Waals surface area contributed by atoms with Gasteiger partial charge in [-0.25, -0.2) is 4.98 Å². The Bertz CT molecular complexity index is 895. The predicted octanol–water partition coefficient (Wildman–Crippen LogP) is 3.71. The zero-order chi connectivity index (χ0) is 19.9. The molecule has 1 aliphatic heterocycles. The van der Waals surface area contributed by atoms with Gasteiger partial charge in [0.05, 0.1) is 6.54 Å². The number of rotatable bonds is 7. The Balaban J connectivity index is 0.00000225. The monoisotopic (exact) mass is 455 g/mol. The number of halogens is 2. The third kappa shape index (κ3) is 7.63. The van der Waals surface area contributed by atoms with E-state index in [0.29, 0.717) is 23.6 Å². The topological polar surface area (TPSA) is 94.1 Å². The molecule has 0 aromatic carbocycles. The van der Waals surface area contributed by atoms with Crippen molar-refractivity contribution < 1.29 is 5.11 Å². The number of hydrogen-bond acceptors (Lipinski definition) is 6. The van der Waals surface area contributed by atoms with Crippen LogP contribution in [0.25, 0.3) is 0 Å². The molecule has 9 heteroatoms. The maximum atomic E-state index is 11.8. The molecule has 0 saturated carbocycles. The van der Waals surface area contributed by atoms with Crippen molar-refractivity contribution in [3.8, 4) is 0 Å². The van der Waals surface area contributed by atoms with Gasteiger partial charge in [-0.15, -0.1) is 24.8 Å². The number of aryl methyl sites for hydroxylation is 1. The standard InChI is InChI=1S/C21H29N5O2.2ClH/c1-15-16(2)24-21(25-20(15)28)23-13-19(27)7-6-18-12-17(8-9-22-18)14-26-10-4-3-5-11-26;;/h7-9,12,27H,3-6,10-11,13-14H2,1-2H3,(H2,23,24,25,28);2*1H/b19-7-;;. The Morgan fingerprint density at radius 1 is 1.27 bits per heavy atom. The molecule has 3 N–H and O–H groups in total. The van der Waals surface area contributed by atoms with Crippen LogP contribution in [0.2, 0.25) is 0 Å². The summed E-state index contributed by atoms with van der Waals surface area (Å²) in [7, 11) is 0. The molecule has 0 unspecified atom stereocenters. The van der Waals surface area contributed by atoms with E-state index in [4.69, 9.17) is 0 Å². The summed E-state index contributed by atoms with van der Waals surface area (Å²) in [5, 5.41) is 13.1. The molecule has 0 aliphatic carbocycles. The highest BCUT2D eigenvalue weighted by molar-refractivity contribution is 5.85. The maximum absolute atomic E-state index is 11.8. The van der Waals surface area contributed by atoms with E-state index in [1.54, 1.807) is 19.9 Å². The summed E-state index contributed by atoms with van der Waals surface area (Å²) in [5.41, 5.74) is 3.28. The normalized spacial score (nSPS) is 14.5. The summed E-state index contributed by atoms with van der Waals surface area (Å²) in [6.45, 7) is 7.00. The number of aliphatic hydroxyl groups is 1. The van der Waals surface area contributed by atoms with Gasteiger partial charge in [0.2, 0.25) is 5.95 Å². The van der Waals surface area contributed by atoms with Crippen LogP contribution < -0.4 is 10.9 Å². The van der Waals surface area contributed by atoms with Crippen LogP contribution in [0.1, 0.15) is 41.8 Å². The number of H-pyrrole nitrogens is 1. The number of aromatic amines is 1. The summed E-state index contributed by atoms with van der Waals surface area (Å²) in [6, 6.07) is 4.17. The fraction of sp³-hybridized carbons (Fsp3) is 0.476. The average Bonchev–Trinajstić information content (AvgIpc) is 2.70. The van der Waals surface area contributed by atoms with Crippen molar-refractivity contribution in [3.05, 3.63) is 63.0 Å². The second-order valence-corrected chi connectivity index (χ2v) is 7.37. The minimum absolute atomic E-state index is 0. The van der Waals surface area contributed by atoms with Crippen molar-refractivity contribution >= 4 is 30.8 Å². The fourth-order valence-corrected chi connectivity index (χ4v) is 3.31. The summed E-state index contributed by atoms with van der Waals surface area (Å²) in [6.07, 6.45) is 8.02. The summed E-state index contributed by atoms with van der Waals surface area (Å²) >= 11 is 0. The molecule has 7 nitrogen and oxygen atoms in total. The Hall–Kier alpha value is -2.09. The molecule has 0 spiro atoms. The molecule has 1 fully saturated rings. The third-order valence-electron chi connectivity index (χ3n) is 5.11. The lowest BCUT2D eigenvalue weighted by molar-refractivity contribution is 0.221. The van der Waals surface area contributed by atoms with Gasteiger partial charge in [-0.1, -0.05) is 6.42 Å². The Morgan fingerprint density at radius 2 is 2.00 bits per heavy atom. The maximum Gasteiger partial charge on any atom is 0.255 e. The molecule has 30 heavy (non-hydrogen) atoms. The first-order valence-electron chi connectivity index (χ1n) is 9.87. The minimum atomic E-state index is -0.173. The zero-order valence-electron chi connectivity index (χ0n) is 17.5. The molecule has 3 heterocycles. The second-order valence-electron chi connectivity index (χ2n) is 7.37. The van der Waals surface area contributed by atoms with Crippen molar-refractivity contribution in [1.29, 1.82) is 0 Å². The van der Waals surface area contributed by atoms with E-state index in [-0.39, 0.29) is 42.7 Å². The number of aliphatic hydroxyl groups excluding tert-OH is 1. The van der Waals surface area contributed by atoms with Crippen LogP contribution in [0.3, 0.4) is 0 Å². The van der Waals surface area contributed by atoms with Gasteiger partial charge in [0, 0.05) is 36.1 Å². The summed E-state index contributed by atoms with van der Waals surface area (Å²) in [4.78, 5) is 25.6. The van der Waals surface area contributed by atoms with Gasteiger partial charge >= 0.3 is 0 Å². The largest absolute Gasteiger partial charge is 0.511 e. The minimum Gasteiger partial charge on any atom is -0.511 e. The lowest BCUT2D eigenvalue weighted by Gasteiger charge is -2.26. The van der Waals surface area contributed by atoms with Crippen LogP contribution in [0.4, 0.5) is 5.95 Å². The number of nitrogens with zero attached hydrogens (tertiary/aromatic N) is 3. The van der Waals surface area contributed by atoms with E-state index in [1.165, 1.54) is 37.9 Å². The Labute approximate surface area is 189 Å². The SMILES string of the molecule is Cc1nc(NC/C(O)=C/Cc2cc(CN3CCCCC3)ccn2)[nH]c(=O)c1C.Cl.Cl. The molecule has 166 valence electrons. The number of likely N-dealkylation sites (tertiary alicyclic amines) is 1. The molecule has 3 rings (SSSR count). The van der Waals surface area contributed by atoms with E-state index >= 15 is 0 Å². The lowest BCUT2D eigenvalue weighted by Crippen LogP contribution is -2.29. The number of anilines is 1. The highest BCUT2D eigenvalue weighted by Crippen LogP contribution is 2.13. The van der Waals surface area contributed by atoms with Crippen LogP contribution in [-0.4, -0.2) is 44.6 Å². The van der Waals surface area contributed by atoms with Crippen LogP contribution >= 0.6 is 24.8 Å². The first-order valence-corrected chi connectivity index (χ1v) is 9.87. The van der Waals surface area contributed by atoms with E-state index in [2.05, 4.69) is 37.3 Å². The van der Waals surface area contributed by atoms with Crippen molar-refractivity contribution in [1.82, 2.24) is 19.9 Å². The van der Waals surface area contributed by atoms with E-state index in [0.717, 1.165) is 12.2 Å². The van der Waals surface area contributed by atoms with Gasteiger partial charge in [0.1, 0.15) is 5.76 Å². The lowest BCUT2D eigenvalue weighted by atomic mass is 10.1. The number of pyridine rings is 1. The highest BCUT2D eigenvalue weighted by atomic mass is 35.5. The summed E-state index contributed by atoms with van der Waals surface area (Å²) < 4.78 is 0. The van der Waals surface area contributed by atoms with Crippen LogP contribution in [0.15, 0.2) is 35.0 Å². The third-order valence-corrected chi connectivity index (χ3v) is 5.11. The smallest absolute Gasteiger partial charge is 0.255 e. The molecule has 1 saturated heterocycles. The number of allylic oxidation sites excluding steroid dienone is 1. The Kier molecular flexibility index (Phi) is 10.9. The molecule has 0 amide bonds. The van der Waals surface area contributed by atoms with Gasteiger partial charge in [0.15, 0.2) is 0 Å². The van der Waals surface area contributed by atoms with Gasteiger partial charge in [0.25, 0.3) is 5.56 Å². The number of hydrogen-bond donors (Lipinski definition) is 3. The second kappa shape index (κ2) is 12.6. The van der Waals surface area contributed by atoms with Gasteiger partial charge in [-0.2, -0.15) is 0 Å². The average molecular weight is 456 g/mol. The molecule has 1 aliphatic rings. The van der Waals surface area contributed by atoms with Crippen molar-refractivity contribution in [2.75, 3.05) is 25.0 Å². The van der Waals surface area contributed by atoms with Crippen LogP contribution in [0, 0.1) is 13.8 Å². The molecule has 0 bridgehead atoms. The molecule has 0 radical (unpaired) electrons. The van der Waals surface area contributed by atoms with Crippen LogP contribution in [-0.2, 0) is 13.0 Å². The van der Waals surface area contributed by atoms with Gasteiger partial charge < -0.3 is 10.4 Å². The van der Waals surface area contributed by atoms with E-state index in [9.17, 15) is 9.90 Å². The van der Waals surface area contributed by atoms with Gasteiger partial charge in [-0.05, 0) is 63.6 Å². The van der Waals surface area contributed by atoms with E-state index in [1.807, 2.05) is 6.20 Å². The fourth-order valence-electron chi connectivity index (χ4n) is 3.31.